The van der Waals surface area contributed by atoms with E-state index in [4.69, 9.17) is 27.9 Å². The van der Waals surface area contributed by atoms with Crippen molar-refractivity contribution in [3.8, 4) is 17.0 Å². The van der Waals surface area contributed by atoms with E-state index in [2.05, 4.69) is 20.2 Å². The van der Waals surface area contributed by atoms with Crippen molar-refractivity contribution in [2.24, 2.45) is 0 Å². The Kier molecular flexibility index (Phi) is 5.25. The van der Waals surface area contributed by atoms with Gasteiger partial charge in [0.15, 0.2) is 0 Å². The molecule has 0 aliphatic carbocycles. The van der Waals surface area contributed by atoms with Crippen LogP contribution in [0.4, 0.5) is 16.0 Å². The molecule has 148 valence electrons. The molecule has 4 rings (SSSR count). The summed E-state index contributed by atoms with van der Waals surface area (Å²) < 4.78 is 20.1. The number of hydrogen-bond donors (Lipinski definition) is 1. The van der Waals surface area contributed by atoms with Crippen molar-refractivity contribution in [3.05, 3.63) is 58.5 Å². The van der Waals surface area contributed by atoms with Gasteiger partial charge in [-0.3, -0.25) is 5.10 Å². The van der Waals surface area contributed by atoms with Gasteiger partial charge in [0.05, 0.1) is 29.6 Å². The first-order chi connectivity index (χ1) is 14.0. The number of aromatic amines is 1. The van der Waals surface area contributed by atoms with Crippen LogP contribution in [0, 0.1) is 5.82 Å². The molecule has 29 heavy (non-hydrogen) atoms. The predicted octanol–water partition coefficient (Wildman–Crippen LogP) is 5.63. The number of hydrogen-bond acceptors (Lipinski definition) is 5. The molecule has 0 fully saturated rings. The third-order valence-electron chi connectivity index (χ3n) is 4.48. The lowest BCUT2D eigenvalue weighted by atomic mass is 10.1. The lowest BCUT2D eigenvalue weighted by molar-refractivity contribution is 0.413. The number of benzene rings is 2. The zero-order valence-electron chi connectivity index (χ0n) is 15.6. The predicted molar refractivity (Wildman–Crippen MR) is 113 cm³/mol. The number of halogens is 3. The number of fused-ring (bicyclic) bond motifs is 1. The number of nitrogens with zero attached hydrogens (tertiary/aromatic N) is 4. The lowest BCUT2D eigenvalue weighted by Gasteiger charge is -2.23. The summed E-state index contributed by atoms with van der Waals surface area (Å²) in [7, 11) is 1.48. The maximum atomic E-state index is 14.8. The second kappa shape index (κ2) is 7.85. The van der Waals surface area contributed by atoms with Gasteiger partial charge >= 0.3 is 0 Å². The fourth-order valence-electron chi connectivity index (χ4n) is 3.15. The van der Waals surface area contributed by atoms with E-state index in [-0.39, 0.29) is 5.56 Å². The van der Waals surface area contributed by atoms with Crippen LogP contribution >= 0.6 is 23.2 Å². The molecule has 0 bridgehead atoms. The highest BCUT2D eigenvalue weighted by Gasteiger charge is 2.22. The molecule has 6 nitrogen and oxygen atoms in total. The minimum Gasteiger partial charge on any atom is -0.496 e. The van der Waals surface area contributed by atoms with Gasteiger partial charge in [-0.25, -0.2) is 14.4 Å². The molecule has 1 N–H and O–H groups in total. The number of aromatic nitrogens is 4. The Balaban J connectivity index is 1.96. The van der Waals surface area contributed by atoms with Crippen molar-refractivity contribution in [2.45, 2.75) is 6.92 Å². The van der Waals surface area contributed by atoms with Gasteiger partial charge in [0.2, 0.25) is 5.95 Å². The van der Waals surface area contributed by atoms with Crippen LogP contribution in [-0.4, -0.2) is 33.8 Å². The van der Waals surface area contributed by atoms with E-state index in [1.54, 1.807) is 36.5 Å². The zero-order chi connectivity index (χ0) is 20.5. The van der Waals surface area contributed by atoms with Crippen LogP contribution in [-0.2, 0) is 0 Å². The van der Waals surface area contributed by atoms with Gasteiger partial charge in [-0.15, -0.1) is 0 Å². The Morgan fingerprint density at radius 3 is 2.72 bits per heavy atom. The number of anilines is 2. The summed E-state index contributed by atoms with van der Waals surface area (Å²) in [6.45, 7) is 2.47. The molecule has 0 radical (unpaired) electrons. The molecular formula is C20H16Cl2FN5O. The molecule has 0 saturated carbocycles. The third kappa shape index (κ3) is 3.47. The van der Waals surface area contributed by atoms with Gasteiger partial charge in [-0.1, -0.05) is 29.3 Å². The summed E-state index contributed by atoms with van der Waals surface area (Å²) in [5.74, 6) is 0.251. The average Bonchev–Trinajstić information content (AvgIpc) is 3.18. The number of H-pyrrole nitrogens is 1. The zero-order valence-corrected chi connectivity index (χ0v) is 17.1. The summed E-state index contributed by atoms with van der Waals surface area (Å²) in [6, 6.07) is 9.79. The van der Waals surface area contributed by atoms with Crippen molar-refractivity contribution >= 4 is 45.9 Å². The first kappa shape index (κ1) is 19.4. The third-order valence-corrected chi connectivity index (χ3v) is 5.02. The summed E-state index contributed by atoms with van der Waals surface area (Å²) in [5, 5.41) is 7.88. The maximum absolute atomic E-state index is 14.8. The maximum Gasteiger partial charge on any atom is 0.231 e. The van der Waals surface area contributed by atoms with Crippen LogP contribution in [0.2, 0.25) is 10.0 Å². The minimum absolute atomic E-state index is 0.228. The van der Waals surface area contributed by atoms with E-state index < -0.39 is 5.82 Å². The first-order valence-corrected chi connectivity index (χ1v) is 9.55. The number of ether oxygens (including phenoxy) is 1. The molecule has 2 aromatic carbocycles. The molecule has 0 amide bonds. The Labute approximate surface area is 176 Å². The van der Waals surface area contributed by atoms with E-state index in [0.717, 1.165) is 0 Å². The van der Waals surface area contributed by atoms with Crippen LogP contribution in [0.25, 0.3) is 22.3 Å². The summed E-state index contributed by atoms with van der Waals surface area (Å²) >= 11 is 12.4. The van der Waals surface area contributed by atoms with Crippen molar-refractivity contribution in [1.29, 1.82) is 0 Å². The Bertz CT molecular complexity index is 1200. The van der Waals surface area contributed by atoms with Gasteiger partial charge in [-0.05, 0) is 37.3 Å². The van der Waals surface area contributed by atoms with Crippen LogP contribution in [0.1, 0.15) is 6.92 Å². The van der Waals surface area contributed by atoms with Crippen molar-refractivity contribution in [2.75, 3.05) is 18.6 Å². The summed E-state index contributed by atoms with van der Waals surface area (Å²) in [6.07, 6.45) is 1.56. The van der Waals surface area contributed by atoms with E-state index in [1.165, 1.54) is 13.2 Å². The average molecular weight is 432 g/mol. The molecular weight excluding hydrogens is 416 g/mol. The fourth-order valence-corrected chi connectivity index (χ4v) is 3.66. The SMILES string of the molecule is CCN(c1nc(-c2c(F)cccc2OC)c2[nH]ncc2n1)c1ccc(Cl)cc1Cl. The van der Waals surface area contributed by atoms with Gasteiger partial charge in [0.25, 0.3) is 0 Å². The van der Waals surface area contributed by atoms with Crippen LogP contribution in [0.3, 0.4) is 0 Å². The molecule has 0 aliphatic rings. The quantitative estimate of drug-likeness (QED) is 0.443. The molecule has 0 spiro atoms. The molecule has 4 aromatic rings. The van der Waals surface area contributed by atoms with Crippen molar-refractivity contribution in [1.82, 2.24) is 20.2 Å². The molecule has 0 unspecified atom stereocenters. The highest BCUT2D eigenvalue weighted by molar-refractivity contribution is 6.36. The number of rotatable bonds is 5. The molecule has 0 atom stereocenters. The van der Waals surface area contributed by atoms with Crippen molar-refractivity contribution < 1.29 is 9.13 Å². The van der Waals surface area contributed by atoms with E-state index in [9.17, 15) is 4.39 Å². The van der Waals surface area contributed by atoms with Crippen LogP contribution < -0.4 is 9.64 Å². The number of methoxy groups -OCH3 is 1. The Morgan fingerprint density at radius 2 is 2.00 bits per heavy atom. The summed E-state index contributed by atoms with van der Waals surface area (Å²) in [5.41, 5.74) is 2.31. The van der Waals surface area contributed by atoms with Crippen LogP contribution in [0.15, 0.2) is 42.6 Å². The molecule has 0 aliphatic heterocycles. The molecule has 0 saturated heterocycles. The Morgan fingerprint density at radius 1 is 1.17 bits per heavy atom. The van der Waals surface area contributed by atoms with Gasteiger partial charge in [0, 0.05) is 11.6 Å². The fraction of sp³-hybridized carbons (Fsp3) is 0.150. The van der Waals surface area contributed by atoms with E-state index in [0.29, 0.717) is 50.7 Å². The standard InChI is InChI=1S/C20H16Cl2FN5O/c1-3-28(15-8-7-11(21)9-12(15)22)20-25-14-10-24-27-18(14)19(26-20)17-13(23)5-4-6-16(17)29-2/h4-10H,3H2,1-2H3,(H,24,27). The topological polar surface area (TPSA) is 66.9 Å². The second-order valence-corrected chi connectivity index (χ2v) is 7.00. The van der Waals surface area contributed by atoms with E-state index in [1.807, 2.05) is 11.8 Å². The highest BCUT2D eigenvalue weighted by atomic mass is 35.5. The van der Waals surface area contributed by atoms with Gasteiger partial charge < -0.3 is 9.64 Å². The van der Waals surface area contributed by atoms with Crippen LogP contribution in [0.5, 0.6) is 5.75 Å². The van der Waals surface area contributed by atoms with Crippen molar-refractivity contribution in [3.63, 3.8) is 0 Å². The number of nitrogens with one attached hydrogen (secondary N) is 1. The minimum atomic E-state index is -0.461. The van der Waals surface area contributed by atoms with Gasteiger partial charge in [-0.2, -0.15) is 5.10 Å². The second-order valence-electron chi connectivity index (χ2n) is 6.16. The largest absolute Gasteiger partial charge is 0.496 e. The highest BCUT2D eigenvalue weighted by Crippen LogP contribution is 2.38. The smallest absolute Gasteiger partial charge is 0.231 e. The first-order valence-electron chi connectivity index (χ1n) is 8.80. The molecule has 9 heteroatoms. The molecule has 2 aromatic heterocycles. The Hall–Kier alpha value is -2.90. The normalized spacial score (nSPS) is 11.1. The summed E-state index contributed by atoms with van der Waals surface area (Å²) in [4.78, 5) is 11.1. The molecule has 2 heterocycles. The lowest BCUT2D eigenvalue weighted by Crippen LogP contribution is -2.19. The van der Waals surface area contributed by atoms with Gasteiger partial charge in [0.1, 0.15) is 28.3 Å². The monoisotopic (exact) mass is 431 g/mol. The van der Waals surface area contributed by atoms with E-state index >= 15 is 0 Å².